The third-order valence-electron chi connectivity index (χ3n) is 4.64. The number of rotatable bonds is 4. The lowest BCUT2D eigenvalue weighted by Gasteiger charge is -2.14. The van der Waals surface area contributed by atoms with Crippen LogP contribution in [0.1, 0.15) is 17.0 Å². The van der Waals surface area contributed by atoms with Gasteiger partial charge in [0.05, 0.1) is 0 Å². The minimum Gasteiger partial charge on any atom is -0.406 e. The highest BCUT2D eigenvalue weighted by Gasteiger charge is 2.31. The van der Waals surface area contributed by atoms with Crippen LogP contribution in [0, 0.1) is 11.3 Å². The number of nitriles is 1. The summed E-state index contributed by atoms with van der Waals surface area (Å²) in [5.41, 5.74) is 3.54. The average molecular weight is 413 g/mol. The molecule has 0 saturated carbocycles. The molecule has 0 aliphatic carbocycles. The summed E-state index contributed by atoms with van der Waals surface area (Å²) in [4.78, 5) is 18.0. The highest BCUT2D eigenvalue weighted by Crippen LogP contribution is 2.30. The van der Waals surface area contributed by atoms with Gasteiger partial charge in [0.25, 0.3) is 5.82 Å². The molecule has 1 aromatic heterocycles. The maximum absolute atomic E-state index is 12.5. The van der Waals surface area contributed by atoms with E-state index in [0.29, 0.717) is 13.1 Å². The second-order valence-electron chi connectivity index (χ2n) is 6.68. The van der Waals surface area contributed by atoms with Crippen molar-refractivity contribution in [2.45, 2.75) is 26.0 Å². The summed E-state index contributed by atoms with van der Waals surface area (Å²) in [5.74, 6) is -0.434. The molecule has 0 saturated heterocycles. The molecule has 1 amide bonds. The molecule has 1 aliphatic heterocycles. The molecule has 0 unspecified atom stereocenters. The van der Waals surface area contributed by atoms with Crippen molar-refractivity contribution in [3.8, 4) is 22.9 Å². The first kappa shape index (κ1) is 19.4. The van der Waals surface area contributed by atoms with E-state index in [1.807, 2.05) is 24.3 Å². The lowest BCUT2D eigenvalue weighted by atomic mass is 10.0. The van der Waals surface area contributed by atoms with Gasteiger partial charge in [-0.2, -0.15) is 5.26 Å². The van der Waals surface area contributed by atoms with Crippen LogP contribution < -0.4 is 4.74 Å². The van der Waals surface area contributed by atoms with Gasteiger partial charge >= 0.3 is 6.36 Å². The van der Waals surface area contributed by atoms with E-state index in [1.54, 1.807) is 17.0 Å². The molecular weight excluding hydrogens is 399 g/mol. The molecule has 152 valence electrons. The monoisotopic (exact) mass is 413 g/mol. The number of hydrogen-bond acceptors (Lipinski definition) is 5. The van der Waals surface area contributed by atoms with Crippen molar-refractivity contribution in [2.24, 2.45) is 0 Å². The smallest absolute Gasteiger partial charge is 0.406 e. The van der Waals surface area contributed by atoms with Crippen molar-refractivity contribution in [3.05, 3.63) is 65.7 Å². The normalized spacial score (nSPS) is 13.1. The summed E-state index contributed by atoms with van der Waals surface area (Å²) in [6.07, 6.45) is -3.39. The highest BCUT2D eigenvalue weighted by atomic mass is 19.4. The second-order valence-corrected chi connectivity index (χ2v) is 6.68. The third-order valence-corrected chi connectivity index (χ3v) is 4.64. The fourth-order valence-corrected chi connectivity index (χ4v) is 3.26. The number of benzene rings is 2. The summed E-state index contributed by atoms with van der Waals surface area (Å²) in [5, 5.41) is 12.6. The topological polar surface area (TPSA) is 84.0 Å². The number of carbonyl (C=O) groups is 1. The standard InChI is InChI=1S/C20H14F3N5O2/c21-20(22,23)30-17-5-3-13(4-6-17)14-1-2-15-9-27(10-16(15)7-14)19(29)11-28-12-25-18(8-24)26-28/h1-7,12H,9-11H2. The van der Waals surface area contributed by atoms with Gasteiger partial charge in [0.15, 0.2) is 0 Å². The predicted molar refractivity (Wildman–Crippen MR) is 97.6 cm³/mol. The van der Waals surface area contributed by atoms with Crippen LogP contribution in [-0.2, 0) is 24.4 Å². The van der Waals surface area contributed by atoms with Crippen molar-refractivity contribution in [2.75, 3.05) is 0 Å². The Kier molecular flexibility index (Phi) is 4.87. The lowest BCUT2D eigenvalue weighted by Crippen LogP contribution is -2.29. The van der Waals surface area contributed by atoms with Crippen molar-refractivity contribution in [1.29, 1.82) is 5.26 Å². The molecule has 0 bridgehead atoms. The Hall–Kier alpha value is -3.87. The van der Waals surface area contributed by atoms with E-state index >= 15 is 0 Å². The lowest BCUT2D eigenvalue weighted by molar-refractivity contribution is -0.274. The number of fused-ring (bicyclic) bond motifs is 1. The first-order chi connectivity index (χ1) is 14.3. The summed E-state index contributed by atoms with van der Waals surface area (Å²) in [7, 11) is 0. The molecule has 2 heterocycles. The van der Waals surface area contributed by atoms with Gasteiger partial charge < -0.3 is 9.64 Å². The van der Waals surface area contributed by atoms with Gasteiger partial charge in [-0.05, 0) is 40.5 Å². The van der Waals surface area contributed by atoms with Crippen LogP contribution in [0.3, 0.4) is 0 Å². The molecule has 0 atom stereocenters. The Bertz CT molecular complexity index is 1130. The number of halogens is 3. The molecule has 30 heavy (non-hydrogen) atoms. The first-order valence-electron chi connectivity index (χ1n) is 8.86. The van der Waals surface area contributed by atoms with Gasteiger partial charge in [-0.3, -0.25) is 4.79 Å². The van der Waals surface area contributed by atoms with Crippen LogP contribution in [0.15, 0.2) is 48.8 Å². The number of ether oxygens (including phenoxy) is 1. The molecule has 1 aliphatic rings. The SMILES string of the molecule is N#Cc1ncn(CC(=O)N2Cc3ccc(-c4ccc(OC(F)(F)F)cc4)cc3C2)n1. The average Bonchev–Trinajstić information content (AvgIpc) is 3.33. The molecule has 0 radical (unpaired) electrons. The van der Waals surface area contributed by atoms with Gasteiger partial charge in [0, 0.05) is 13.1 Å². The van der Waals surface area contributed by atoms with Crippen LogP contribution in [0.25, 0.3) is 11.1 Å². The summed E-state index contributed by atoms with van der Waals surface area (Å²) >= 11 is 0. The zero-order valence-electron chi connectivity index (χ0n) is 15.4. The van der Waals surface area contributed by atoms with E-state index in [-0.39, 0.29) is 24.0 Å². The summed E-state index contributed by atoms with van der Waals surface area (Å²) in [6.45, 7) is 0.847. The zero-order chi connectivity index (χ0) is 21.3. The number of aromatic nitrogens is 3. The number of nitrogens with zero attached hydrogens (tertiary/aromatic N) is 5. The van der Waals surface area contributed by atoms with E-state index in [9.17, 15) is 18.0 Å². The Balaban J connectivity index is 1.45. The van der Waals surface area contributed by atoms with Crippen LogP contribution >= 0.6 is 0 Å². The van der Waals surface area contributed by atoms with E-state index in [2.05, 4.69) is 14.8 Å². The molecule has 3 aromatic rings. The van der Waals surface area contributed by atoms with E-state index in [4.69, 9.17) is 5.26 Å². The van der Waals surface area contributed by atoms with Gasteiger partial charge in [-0.25, -0.2) is 9.67 Å². The fraction of sp³-hybridized carbons (Fsp3) is 0.200. The van der Waals surface area contributed by atoms with Gasteiger partial charge in [0.2, 0.25) is 5.91 Å². The Morgan fingerprint density at radius 3 is 2.47 bits per heavy atom. The van der Waals surface area contributed by atoms with Crippen LogP contribution in [0.5, 0.6) is 5.75 Å². The van der Waals surface area contributed by atoms with Crippen molar-refractivity contribution in [1.82, 2.24) is 19.7 Å². The Morgan fingerprint density at radius 1 is 1.10 bits per heavy atom. The third kappa shape index (κ3) is 4.25. The second kappa shape index (κ2) is 7.51. The summed E-state index contributed by atoms with van der Waals surface area (Å²) < 4.78 is 42.1. The molecule has 7 nitrogen and oxygen atoms in total. The Morgan fingerprint density at radius 2 is 1.80 bits per heavy atom. The molecule has 10 heteroatoms. The van der Waals surface area contributed by atoms with Crippen LogP contribution in [0.4, 0.5) is 13.2 Å². The molecular formula is C20H14F3N5O2. The zero-order valence-corrected chi connectivity index (χ0v) is 15.4. The maximum atomic E-state index is 12.5. The number of hydrogen-bond donors (Lipinski definition) is 0. The molecule has 0 N–H and O–H groups in total. The Labute approximate surface area is 168 Å². The van der Waals surface area contributed by atoms with E-state index in [1.165, 1.54) is 23.1 Å². The van der Waals surface area contributed by atoms with Crippen molar-refractivity contribution < 1.29 is 22.7 Å². The molecule has 2 aromatic carbocycles. The van der Waals surface area contributed by atoms with E-state index < -0.39 is 6.36 Å². The minimum atomic E-state index is -4.73. The first-order valence-corrected chi connectivity index (χ1v) is 8.86. The van der Waals surface area contributed by atoms with Crippen LogP contribution in [-0.4, -0.2) is 31.9 Å². The van der Waals surface area contributed by atoms with E-state index in [0.717, 1.165) is 22.3 Å². The number of alkyl halides is 3. The van der Waals surface area contributed by atoms with Crippen molar-refractivity contribution >= 4 is 5.91 Å². The molecule has 4 rings (SSSR count). The van der Waals surface area contributed by atoms with Crippen LogP contribution in [0.2, 0.25) is 0 Å². The predicted octanol–water partition coefficient (Wildman–Crippen LogP) is 3.26. The quantitative estimate of drug-likeness (QED) is 0.656. The van der Waals surface area contributed by atoms with Gasteiger partial charge in [-0.15, -0.1) is 18.3 Å². The van der Waals surface area contributed by atoms with Crippen molar-refractivity contribution in [3.63, 3.8) is 0 Å². The van der Waals surface area contributed by atoms with Gasteiger partial charge in [-0.1, -0.05) is 24.3 Å². The molecule has 0 spiro atoms. The maximum Gasteiger partial charge on any atom is 0.573 e. The minimum absolute atomic E-state index is 0.00352. The number of carbonyl (C=O) groups excluding carboxylic acids is 1. The molecule has 0 fully saturated rings. The largest absolute Gasteiger partial charge is 0.573 e. The number of amides is 1. The van der Waals surface area contributed by atoms with Gasteiger partial charge in [0.1, 0.15) is 24.7 Å². The fourth-order valence-electron chi connectivity index (χ4n) is 3.26. The summed E-state index contributed by atoms with van der Waals surface area (Å²) in [6, 6.07) is 13.1. The highest BCUT2D eigenvalue weighted by molar-refractivity contribution is 5.77.